The molecule has 1 aromatic rings. The highest BCUT2D eigenvalue weighted by Crippen LogP contribution is 2.61. The van der Waals surface area contributed by atoms with Crippen molar-refractivity contribution in [2.45, 2.75) is 63.5 Å². The lowest BCUT2D eigenvalue weighted by Gasteiger charge is -2.59. The predicted octanol–water partition coefficient (Wildman–Crippen LogP) is 4.08. The molecule has 0 spiro atoms. The molecule has 0 radical (unpaired) electrons. The fourth-order valence-corrected chi connectivity index (χ4v) is 8.26. The second kappa shape index (κ2) is 9.02. The number of urea groups is 1. The number of piperidine rings is 1. The summed E-state index contributed by atoms with van der Waals surface area (Å²) >= 11 is 0. The van der Waals surface area contributed by atoms with Crippen molar-refractivity contribution in [3.8, 4) is 5.75 Å². The van der Waals surface area contributed by atoms with Crippen molar-refractivity contribution in [1.29, 1.82) is 0 Å². The number of hydrogen-bond acceptors (Lipinski definition) is 4. The molecular weight excluding hydrogens is 426 g/mol. The number of nitrogens with zero attached hydrogens (tertiary/aromatic N) is 2. The van der Waals surface area contributed by atoms with E-state index in [0.29, 0.717) is 31.5 Å². The highest BCUT2D eigenvalue weighted by atomic mass is 16.5. The van der Waals surface area contributed by atoms with Gasteiger partial charge in [0.15, 0.2) is 0 Å². The zero-order valence-corrected chi connectivity index (χ0v) is 21.4. The summed E-state index contributed by atoms with van der Waals surface area (Å²) in [5.74, 6) is 3.30. The lowest BCUT2D eigenvalue weighted by atomic mass is 9.48. The van der Waals surface area contributed by atoms with E-state index in [1.54, 1.807) is 7.11 Å². The zero-order valence-electron chi connectivity index (χ0n) is 21.4. The topological polar surface area (TPSA) is 65.0 Å². The molecule has 0 aromatic heterocycles. The summed E-state index contributed by atoms with van der Waals surface area (Å²) in [6, 6.07) is 8.01. The Morgan fingerprint density at radius 2 is 1.85 bits per heavy atom. The fraction of sp³-hybridized carbons (Fsp3) is 0.750. The van der Waals surface area contributed by atoms with Crippen LogP contribution in [0.25, 0.3) is 0 Å². The van der Waals surface area contributed by atoms with Crippen molar-refractivity contribution in [3.63, 3.8) is 0 Å². The molecule has 6 heteroatoms. The summed E-state index contributed by atoms with van der Waals surface area (Å²) < 4.78 is 5.41. The van der Waals surface area contributed by atoms with E-state index in [4.69, 9.17) is 4.74 Å². The highest BCUT2D eigenvalue weighted by Gasteiger charge is 2.53. The van der Waals surface area contributed by atoms with E-state index in [1.807, 2.05) is 43.3 Å². The minimum Gasteiger partial charge on any atom is -0.497 e. The summed E-state index contributed by atoms with van der Waals surface area (Å²) in [5, 5.41) is 15.3. The van der Waals surface area contributed by atoms with Gasteiger partial charge in [-0.25, -0.2) is 4.79 Å². The van der Waals surface area contributed by atoms with Crippen LogP contribution in [-0.4, -0.2) is 67.8 Å². The molecule has 3 unspecified atom stereocenters. The van der Waals surface area contributed by atoms with Crippen molar-refractivity contribution < 1.29 is 14.6 Å². The van der Waals surface area contributed by atoms with Crippen LogP contribution in [0.2, 0.25) is 0 Å². The molecule has 2 amide bonds. The fourth-order valence-electron chi connectivity index (χ4n) is 8.26. The number of amides is 2. The standard InChI is InChI=1S/C28H43N3O3/c1-19(27-14-20-10-21(15-27)12-22(11-20)16-27)29-26(32)31-9-8-28(33,24(18-31)17-30(2)3)23-6-5-7-25(13-23)34-4/h5-7,13,19-22,24,33H,8-12,14-18H2,1-4H3,(H,29,32). The lowest BCUT2D eigenvalue weighted by Crippen LogP contribution is -2.60. The van der Waals surface area contributed by atoms with Crippen molar-refractivity contribution >= 4 is 6.03 Å². The summed E-state index contributed by atoms with van der Waals surface area (Å²) in [5.41, 5.74) is 0.187. The second-order valence-electron chi connectivity index (χ2n) is 12.3. The normalized spacial score (nSPS) is 37.6. The first-order valence-electron chi connectivity index (χ1n) is 13.3. The van der Waals surface area contributed by atoms with Crippen molar-refractivity contribution in [1.82, 2.24) is 15.1 Å². The Bertz CT molecular complexity index is 867. The largest absolute Gasteiger partial charge is 0.497 e. The monoisotopic (exact) mass is 469 g/mol. The Kier molecular flexibility index (Phi) is 6.34. The van der Waals surface area contributed by atoms with Crippen LogP contribution in [0.1, 0.15) is 57.4 Å². The Morgan fingerprint density at radius 1 is 1.21 bits per heavy atom. The first-order chi connectivity index (χ1) is 16.2. The van der Waals surface area contributed by atoms with Gasteiger partial charge in [0.1, 0.15) is 5.75 Å². The first-order valence-corrected chi connectivity index (χ1v) is 13.3. The Labute approximate surface area is 205 Å². The van der Waals surface area contributed by atoms with Gasteiger partial charge in [0.2, 0.25) is 0 Å². The molecule has 188 valence electrons. The Hall–Kier alpha value is -1.79. The molecule has 4 aliphatic carbocycles. The molecule has 1 heterocycles. The van der Waals surface area contributed by atoms with E-state index in [2.05, 4.69) is 17.1 Å². The molecule has 1 saturated heterocycles. The minimum atomic E-state index is -0.985. The van der Waals surface area contributed by atoms with Crippen LogP contribution in [-0.2, 0) is 5.60 Å². The maximum absolute atomic E-state index is 13.5. The van der Waals surface area contributed by atoms with Crippen LogP contribution >= 0.6 is 0 Å². The van der Waals surface area contributed by atoms with Gasteiger partial charge in [0.25, 0.3) is 0 Å². The van der Waals surface area contributed by atoms with E-state index in [9.17, 15) is 9.90 Å². The first kappa shape index (κ1) is 23.9. The molecular formula is C28H43N3O3. The van der Waals surface area contributed by atoms with Gasteiger partial charge in [-0.2, -0.15) is 0 Å². The third-order valence-corrected chi connectivity index (χ3v) is 9.67. The van der Waals surface area contributed by atoms with Crippen LogP contribution in [0.5, 0.6) is 5.75 Å². The smallest absolute Gasteiger partial charge is 0.317 e. The summed E-state index contributed by atoms with van der Waals surface area (Å²) in [6.45, 7) is 4.06. The van der Waals surface area contributed by atoms with Gasteiger partial charge < -0.3 is 25.0 Å². The molecule has 1 aromatic carbocycles. The van der Waals surface area contributed by atoms with Gasteiger partial charge in [-0.15, -0.1) is 0 Å². The maximum Gasteiger partial charge on any atom is 0.317 e. The summed E-state index contributed by atoms with van der Waals surface area (Å²) in [6.07, 6.45) is 8.65. The predicted molar refractivity (Wildman–Crippen MR) is 134 cm³/mol. The number of rotatable bonds is 6. The van der Waals surface area contributed by atoms with Crippen LogP contribution in [0.3, 0.4) is 0 Å². The van der Waals surface area contributed by atoms with Crippen LogP contribution < -0.4 is 10.1 Å². The quantitative estimate of drug-likeness (QED) is 0.659. The van der Waals surface area contributed by atoms with Crippen molar-refractivity contribution in [2.24, 2.45) is 29.1 Å². The van der Waals surface area contributed by atoms with Gasteiger partial charge in [0.05, 0.1) is 12.7 Å². The number of hydrogen-bond donors (Lipinski definition) is 2. The molecule has 4 bridgehead atoms. The van der Waals surface area contributed by atoms with Crippen LogP contribution in [0.4, 0.5) is 4.79 Å². The summed E-state index contributed by atoms with van der Waals surface area (Å²) in [7, 11) is 5.71. The third kappa shape index (κ3) is 4.32. The van der Waals surface area contributed by atoms with E-state index >= 15 is 0 Å². The molecule has 6 nitrogen and oxygen atoms in total. The van der Waals surface area contributed by atoms with E-state index < -0.39 is 5.60 Å². The number of aliphatic hydroxyl groups is 1. The second-order valence-corrected chi connectivity index (χ2v) is 12.3. The minimum absolute atomic E-state index is 0.0414. The van der Waals surface area contributed by atoms with E-state index in [0.717, 1.165) is 29.1 Å². The van der Waals surface area contributed by atoms with Gasteiger partial charge in [-0.05, 0) is 107 Å². The van der Waals surface area contributed by atoms with Crippen LogP contribution in [0.15, 0.2) is 24.3 Å². The zero-order chi connectivity index (χ0) is 24.1. The van der Waals surface area contributed by atoms with E-state index in [1.165, 1.54) is 38.5 Å². The number of likely N-dealkylation sites (tertiary alicyclic amines) is 1. The van der Waals surface area contributed by atoms with Gasteiger partial charge in [-0.1, -0.05) is 12.1 Å². The number of carbonyl (C=O) groups is 1. The molecule has 1 aliphatic heterocycles. The number of ether oxygens (including phenoxy) is 1. The van der Waals surface area contributed by atoms with Gasteiger partial charge in [-0.3, -0.25) is 0 Å². The van der Waals surface area contributed by atoms with Gasteiger partial charge >= 0.3 is 6.03 Å². The Morgan fingerprint density at radius 3 is 2.44 bits per heavy atom. The van der Waals surface area contributed by atoms with Crippen molar-refractivity contribution in [2.75, 3.05) is 40.8 Å². The number of nitrogens with one attached hydrogen (secondary N) is 1. The number of methoxy groups -OCH3 is 1. The number of carbonyl (C=O) groups excluding carboxylic acids is 1. The molecule has 2 N–H and O–H groups in total. The van der Waals surface area contributed by atoms with E-state index in [-0.39, 0.29) is 18.0 Å². The number of benzene rings is 1. The molecule has 34 heavy (non-hydrogen) atoms. The molecule has 5 aliphatic rings. The molecule has 3 atom stereocenters. The third-order valence-electron chi connectivity index (χ3n) is 9.67. The molecule has 5 fully saturated rings. The highest BCUT2D eigenvalue weighted by molar-refractivity contribution is 5.74. The summed E-state index contributed by atoms with van der Waals surface area (Å²) in [4.78, 5) is 17.5. The SMILES string of the molecule is COc1cccc(C2(O)CCN(C(=O)NC(C)C34CC5CC(CC(C5)C3)C4)CC2CN(C)C)c1. The average molecular weight is 470 g/mol. The average Bonchev–Trinajstić information content (AvgIpc) is 2.79. The van der Waals surface area contributed by atoms with Crippen molar-refractivity contribution in [3.05, 3.63) is 29.8 Å². The molecule has 6 rings (SSSR count). The molecule has 4 saturated carbocycles. The maximum atomic E-state index is 13.5. The van der Waals surface area contributed by atoms with Gasteiger partial charge in [0, 0.05) is 31.6 Å². The lowest BCUT2D eigenvalue weighted by molar-refractivity contribution is -0.0800. The Balaban J connectivity index is 1.29. The van der Waals surface area contributed by atoms with Crippen LogP contribution in [0, 0.1) is 29.1 Å².